The molecule has 1 saturated carbocycles. The molecule has 1 unspecified atom stereocenters. The van der Waals surface area contributed by atoms with Crippen LogP contribution in [0.4, 0.5) is 10.2 Å². The fourth-order valence-corrected chi connectivity index (χ4v) is 2.78. The van der Waals surface area contributed by atoms with Crippen LogP contribution in [0.3, 0.4) is 0 Å². The highest BCUT2D eigenvalue weighted by Crippen LogP contribution is 2.39. The number of anilines is 1. The molecule has 122 valence electrons. The Morgan fingerprint density at radius 1 is 1.29 bits per heavy atom. The van der Waals surface area contributed by atoms with E-state index in [1.165, 1.54) is 31.2 Å². The number of amides is 1. The second-order valence-corrected chi connectivity index (χ2v) is 6.12. The van der Waals surface area contributed by atoms with E-state index in [1.807, 2.05) is 4.68 Å². The van der Waals surface area contributed by atoms with Crippen molar-refractivity contribution in [2.24, 2.45) is 5.92 Å². The summed E-state index contributed by atoms with van der Waals surface area (Å²) in [5.74, 6) is 0.168. The molecular weight excluding hydrogens is 309 g/mol. The lowest BCUT2D eigenvalue weighted by Crippen LogP contribution is -2.14. The van der Waals surface area contributed by atoms with Crippen molar-refractivity contribution in [3.8, 4) is 0 Å². The van der Waals surface area contributed by atoms with E-state index in [4.69, 9.17) is 0 Å². The van der Waals surface area contributed by atoms with Crippen LogP contribution in [0.25, 0.3) is 11.0 Å². The predicted molar refractivity (Wildman–Crippen MR) is 87.1 cm³/mol. The maximum Gasteiger partial charge on any atom is 0.258 e. The van der Waals surface area contributed by atoms with Gasteiger partial charge in [-0.3, -0.25) is 4.79 Å². The number of rotatable bonds is 4. The molecule has 24 heavy (non-hydrogen) atoms. The largest absolute Gasteiger partial charge is 0.307 e. The van der Waals surface area contributed by atoms with Gasteiger partial charge >= 0.3 is 0 Å². The van der Waals surface area contributed by atoms with Gasteiger partial charge in [-0.1, -0.05) is 0 Å². The van der Waals surface area contributed by atoms with E-state index in [0.29, 0.717) is 23.3 Å². The summed E-state index contributed by atoms with van der Waals surface area (Å²) < 4.78 is 14.8. The van der Waals surface area contributed by atoms with Crippen molar-refractivity contribution in [1.82, 2.24) is 19.7 Å². The van der Waals surface area contributed by atoms with Gasteiger partial charge in [-0.05, 0) is 43.9 Å². The molecule has 3 aromatic heterocycles. The number of nitrogens with zero attached hydrogens (tertiary/aromatic N) is 4. The molecule has 1 aliphatic rings. The summed E-state index contributed by atoms with van der Waals surface area (Å²) in [5, 5.41) is 7.86. The van der Waals surface area contributed by atoms with E-state index in [0.717, 1.165) is 17.2 Å². The summed E-state index contributed by atoms with van der Waals surface area (Å²) >= 11 is 0. The summed E-state index contributed by atoms with van der Waals surface area (Å²) in [6, 6.07) is 4.73. The average Bonchev–Trinajstić information content (AvgIpc) is 3.35. The van der Waals surface area contributed by atoms with Gasteiger partial charge in [-0.2, -0.15) is 5.10 Å². The number of halogens is 1. The minimum atomic E-state index is -0.451. The van der Waals surface area contributed by atoms with E-state index >= 15 is 0 Å². The van der Waals surface area contributed by atoms with E-state index in [2.05, 4.69) is 27.3 Å². The van der Waals surface area contributed by atoms with Gasteiger partial charge in [0.25, 0.3) is 5.91 Å². The van der Waals surface area contributed by atoms with Crippen LogP contribution in [0.1, 0.15) is 36.2 Å². The second kappa shape index (κ2) is 5.67. The molecule has 0 aliphatic heterocycles. The molecule has 4 rings (SSSR count). The van der Waals surface area contributed by atoms with Crippen molar-refractivity contribution in [3.05, 3.63) is 48.2 Å². The molecule has 6 nitrogen and oxygen atoms in total. The van der Waals surface area contributed by atoms with Gasteiger partial charge in [0, 0.05) is 11.6 Å². The Bertz CT molecular complexity index is 901. The number of aromatic nitrogens is 4. The molecule has 1 fully saturated rings. The second-order valence-electron chi connectivity index (χ2n) is 6.12. The predicted octanol–water partition coefficient (Wildman–Crippen LogP) is 3.19. The van der Waals surface area contributed by atoms with Gasteiger partial charge in [0.2, 0.25) is 0 Å². The van der Waals surface area contributed by atoms with Crippen molar-refractivity contribution in [1.29, 1.82) is 0 Å². The molecule has 1 aliphatic carbocycles. The van der Waals surface area contributed by atoms with Crippen molar-refractivity contribution in [3.63, 3.8) is 0 Å². The molecule has 0 bridgehead atoms. The van der Waals surface area contributed by atoms with E-state index in [1.54, 1.807) is 12.3 Å². The first-order chi connectivity index (χ1) is 11.6. The van der Waals surface area contributed by atoms with E-state index < -0.39 is 5.82 Å². The van der Waals surface area contributed by atoms with Gasteiger partial charge < -0.3 is 5.32 Å². The Kier molecular flexibility index (Phi) is 3.48. The zero-order chi connectivity index (χ0) is 16.7. The van der Waals surface area contributed by atoms with Gasteiger partial charge in [0.1, 0.15) is 11.6 Å². The highest BCUT2D eigenvalue weighted by molar-refractivity contribution is 6.05. The number of hydrogen-bond donors (Lipinski definition) is 1. The third kappa shape index (κ3) is 2.73. The van der Waals surface area contributed by atoms with E-state index in [-0.39, 0.29) is 5.91 Å². The minimum Gasteiger partial charge on any atom is -0.307 e. The Morgan fingerprint density at radius 3 is 2.83 bits per heavy atom. The molecule has 0 saturated heterocycles. The number of pyridine rings is 2. The number of nitrogens with one attached hydrogen (secondary N) is 1. The van der Waals surface area contributed by atoms with Crippen LogP contribution in [0, 0.1) is 11.7 Å². The quantitative estimate of drug-likeness (QED) is 0.799. The summed E-state index contributed by atoms with van der Waals surface area (Å²) in [5.41, 5.74) is 1.19. The van der Waals surface area contributed by atoms with Crippen molar-refractivity contribution in [2.75, 3.05) is 5.32 Å². The third-order valence-electron chi connectivity index (χ3n) is 4.35. The van der Waals surface area contributed by atoms with Crippen LogP contribution >= 0.6 is 0 Å². The van der Waals surface area contributed by atoms with Crippen LogP contribution in [0.5, 0.6) is 0 Å². The summed E-state index contributed by atoms with van der Waals surface area (Å²) in [6.45, 7) is 2.15. The monoisotopic (exact) mass is 325 g/mol. The molecule has 0 aromatic carbocycles. The van der Waals surface area contributed by atoms with Crippen LogP contribution in [0.15, 0.2) is 36.8 Å². The third-order valence-corrected chi connectivity index (χ3v) is 4.35. The molecule has 3 aromatic rings. The number of fused-ring (bicyclic) bond motifs is 1. The average molecular weight is 325 g/mol. The summed E-state index contributed by atoms with van der Waals surface area (Å²) in [6.07, 6.45) is 6.77. The minimum absolute atomic E-state index is 0.291. The normalized spacial score (nSPS) is 15.4. The van der Waals surface area contributed by atoms with Crippen molar-refractivity contribution >= 4 is 22.8 Å². The molecule has 0 radical (unpaired) electrons. The molecule has 3 heterocycles. The van der Waals surface area contributed by atoms with Crippen LogP contribution in [0.2, 0.25) is 0 Å². The van der Waals surface area contributed by atoms with Crippen LogP contribution in [-0.4, -0.2) is 25.7 Å². The smallest absolute Gasteiger partial charge is 0.258 e. The molecule has 1 amide bonds. The standard InChI is InChI=1S/C17H16FN5O/c1-10(11-2-3-11)23-16-12(8-21-23)6-13(7-20-16)17(24)22-15-5-4-14(18)9-19-15/h4-11H,2-3H2,1H3,(H,19,22,24). The van der Waals surface area contributed by atoms with Gasteiger partial charge in [0.15, 0.2) is 5.65 Å². The first kappa shape index (κ1) is 14.7. The molecule has 0 spiro atoms. The number of hydrogen-bond acceptors (Lipinski definition) is 4. The Labute approximate surface area is 137 Å². The molecule has 7 heteroatoms. The Balaban J connectivity index is 1.58. The molecule has 1 atom stereocenters. The SMILES string of the molecule is CC(C1CC1)n1ncc2cc(C(=O)Nc3ccc(F)cn3)cnc21. The zero-order valence-electron chi connectivity index (χ0n) is 13.1. The lowest BCUT2D eigenvalue weighted by atomic mass is 10.2. The maximum absolute atomic E-state index is 12.9. The number of carbonyl (C=O) groups excluding carboxylic acids is 1. The summed E-state index contributed by atoms with van der Waals surface area (Å²) in [4.78, 5) is 20.5. The lowest BCUT2D eigenvalue weighted by molar-refractivity contribution is 0.102. The first-order valence-electron chi connectivity index (χ1n) is 7.88. The van der Waals surface area contributed by atoms with Crippen LogP contribution < -0.4 is 5.32 Å². The van der Waals surface area contributed by atoms with Crippen LogP contribution in [-0.2, 0) is 0 Å². The Hall–Kier alpha value is -2.83. The van der Waals surface area contributed by atoms with Gasteiger partial charge in [-0.25, -0.2) is 19.0 Å². The summed E-state index contributed by atoms with van der Waals surface area (Å²) in [7, 11) is 0. The van der Waals surface area contributed by atoms with Gasteiger partial charge in [-0.15, -0.1) is 0 Å². The lowest BCUT2D eigenvalue weighted by Gasteiger charge is -2.11. The zero-order valence-corrected chi connectivity index (χ0v) is 13.1. The maximum atomic E-state index is 12.9. The molecular formula is C17H16FN5O. The van der Waals surface area contributed by atoms with Crippen molar-refractivity contribution in [2.45, 2.75) is 25.8 Å². The highest BCUT2D eigenvalue weighted by Gasteiger charge is 2.30. The fraction of sp³-hybridized carbons (Fsp3) is 0.294. The Morgan fingerprint density at radius 2 is 2.12 bits per heavy atom. The van der Waals surface area contributed by atoms with E-state index in [9.17, 15) is 9.18 Å². The highest BCUT2D eigenvalue weighted by atomic mass is 19.1. The first-order valence-corrected chi connectivity index (χ1v) is 7.88. The van der Waals surface area contributed by atoms with Gasteiger partial charge in [0.05, 0.1) is 24.0 Å². The molecule has 1 N–H and O–H groups in total. The number of carbonyl (C=O) groups is 1. The fourth-order valence-electron chi connectivity index (χ4n) is 2.78. The van der Waals surface area contributed by atoms with Crippen molar-refractivity contribution < 1.29 is 9.18 Å². The topological polar surface area (TPSA) is 72.7 Å².